The zero-order valence-corrected chi connectivity index (χ0v) is 12.9. The van der Waals surface area contributed by atoms with Gasteiger partial charge in [-0.2, -0.15) is 0 Å². The third-order valence-electron chi connectivity index (χ3n) is 3.55. The zero-order chi connectivity index (χ0) is 12.9. The predicted octanol–water partition coefficient (Wildman–Crippen LogP) is 4.93. The molecule has 0 aromatic carbocycles. The number of hydrogen-bond donors (Lipinski definition) is 0. The first-order chi connectivity index (χ1) is 8.33. The van der Waals surface area contributed by atoms with E-state index in [2.05, 4.69) is 11.9 Å². The molecule has 2 rings (SSSR count). The highest BCUT2D eigenvalue weighted by Gasteiger charge is 2.11. The van der Waals surface area contributed by atoms with Crippen LogP contribution in [-0.4, -0.2) is 30.9 Å². The van der Waals surface area contributed by atoms with E-state index >= 15 is 0 Å². The Labute approximate surface area is 114 Å². The van der Waals surface area contributed by atoms with E-state index in [1.165, 1.54) is 64.5 Å². The van der Waals surface area contributed by atoms with Gasteiger partial charge in [-0.15, -0.1) is 11.6 Å². The van der Waals surface area contributed by atoms with Crippen molar-refractivity contribution in [3.63, 3.8) is 0 Å². The predicted molar refractivity (Wildman–Crippen MR) is 80.0 cm³/mol. The molecule has 1 heterocycles. The number of alkyl halides is 1. The van der Waals surface area contributed by atoms with Gasteiger partial charge in [-0.1, -0.05) is 46.0 Å². The number of likely N-dealkylation sites (tertiary alicyclic amines) is 1. The monoisotopic (exact) mass is 261 g/mol. The minimum Gasteiger partial charge on any atom is -0.306 e. The molecule has 0 aromatic heterocycles. The SMILES string of the molecule is CC.CN1CCC1.ClCCCC1CCCCC1. The van der Waals surface area contributed by atoms with Crippen LogP contribution in [0.2, 0.25) is 0 Å². The average molecular weight is 262 g/mol. The highest BCUT2D eigenvalue weighted by atomic mass is 35.5. The minimum absolute atomic E-state index is 0.858. The van der Waals surface area contributed by atoms with Gasteiger partial charge in [0.05, 0.1) is 0 Å². The molecular weight excluding hydrogens is 230 g/mol. The molecule has 1 saturated carbocycles. The van der Waals surface area contributed by atoms with Crippen LogP contribution < -0.4 is 0 Å². The van der Waals surface area contributed by atoms with Crippen LogP contribution >= 0.6 is 11.6 Å². The van der Waals surface area contributed by atoms with E-state index < -0.39 is 0 Å². The van der Waals surface area contributed by atoms with Crippen LogP contribution in [0.15, 0.2) is 0 Å². The topological polar surface area (TPSA) is 3.24 Å². The summed E-state index contributed by atoms with van der Waals surface area (Å²) in [5.74, 6) is 1.88. The Kier molecular flexibility index (Phi) is 12.9. The number of hydrogen-bond acceptors (Lipinski definition) is 1. The van der Waals surface area contributed by atoms with E-state index in [1.54, 1.807) is 0 Å². The summed E-state index contributed by atoms with van der Waals surface area (Å²) in [6.07, 6.45) is 11.4. The smallest absolute Gasteiger partial charge is 0.0223 e. The summed E-state index contributed by atoms with van der Waals surface area (Å²) >= 11 is 5.62. The van der Waals surface area contributed by atoms with Crippen molar-refractivity contribution < 1.29 is 0 Å². The molecule has 0 N–H and O–H groups in total. The Balaban J connectivity index is 0.000000306. The second kappa shape index (κ2) is 12.7. The molecule has 0 spiro atoms. The van der Waals surface area contributed by atoms with Crippen LogP contribution in [0.5, 0.6) is 0 Å². The maximum absolute atomic E-state index is 5.62. The second-order valence-corrected chi connectivity index (χ2v) is 5.37. The lowest BCUT2D eigenvalue weighted by Crippen LogP contribution is -2.32. The quantitative estimate of drug-likeness (QED) is 0.651. The molecule has 0 amide bonds. The number of nitrogens with zero attached hydrogens (tertiary/aromatic N) is 1. The highest BCUT2D eigenvalue weighted by Crippen LogP contribution is 2.27. The summed E-state index contributed by atoms with van der Waals surface area (Å²) in [5, 5.41) is 0. The first kappa shape index (κ1) is 17.2. The highest BCUT2D eigenvalue weighted by molar-refractivity contribution is 6.17. The van der Waals surface area contributed by atoms with Gasteiger partial charge in [0.2, 0.25) is 0 Å². The summed E-state index contributed by atoms with van der Waals surface area (Å²) in [6.45, 7) is 6.64. The number of rotatable bonds is 3. The maximum Gasteiger partial charge on any atom is 0.0223 e. The van der Waals surface area contributed by atoms with Crippen molar-refractivity contribution in [2.45, 2.75) is 65.2 Å². The van der Waals surface area contributed by atoms with E-state index in [4.69, 9.17) is 11.6 Å². The normalized spacial score (nSPS) is 20.5. The van der Waals surface area contributed by atoms with Gasteiger partial charge >= 0.3 is 0 Å². The van der Waals surface area contributed by atoms with Gasteiger partial charge in [0.1, 0.15) is 0 Å². The van der Waals surface area contributed by atoms with Crippen LogP contribution in [0.25, 0.3) is 0 Å². The van der Waals surface area contributed by atoms with Crippen LogP contribution in [0.4, 0.5) is 0 Å². The largest absolute Gasteiger partial charge is 0.306 e. The fraction of sp³-hybridized carbons (Fsp3) is 1.00. The van der Waals surface area contributed by atoms with Gasteiger partial charge < -0.3 is 4.90 Å². The molecule has 2 fully saturated rings. The third-order valence-corrected chi connectivity index (χ3v) is 3.82. The molecule has 2 aliphatic rings. The molecule has 17 heavy (non-hydrogen) atoms. The van der Waals surface area contributed by atoms with Crippen molar-refractivity contribution >= 4 is 11.6 Å². The van der Waals surface area contributed by atoms with Crippen molar-refractivity contribution in [2.75, 3.05) is 26.0 Å². The molecule has 0 aromatic rings. The van der Waals surface area contributed by atoms with E-state index in [1.807, 2.05) is 13.8 Å². The van der Waals surface area contributed by atoms with Crippen LogP contribution in [0.3, 0.4) is 0 Å². The summed E-state index contributed by atoms with van der Waals surface area (Å²) in [5.41, 5.74) is 0. The van der Waals surface area contributed by atoms with Gasteiger partial charge in [-0.3, -0.25) is 0 Å². The summed E-state index contributed by atoms with van der Waals surface area (Å²) < 4.78 is 0. The Morgan fingerprint density at radius 3 is 1.88 bits per heavy atom. The first-order valence-electron chi connectivity index (χ1n) is 7.57. The Hall–Kier alpha value is 0.250. The van der Waals surface area contributed by atoms with Crippen LogP contribution in [0.1, 0.15) is 65.2 Å². The lowest BCUT2D eigenvalue weighted by Gasteiger charge is -2.24. The molecule has 1 saturated heterocycles. The molecule has 104 valence electrons. The molecule has 0 atom stereocenters. The van der Waals surface area contributed by atoms with E-state index in [0.29, 0.717) is 0 Å². The van der Waals surface area contributed by atoms with E-state index in [9.17, 15) is 0 Å². The molecule has 1 aliphatic carbocycles. The fourth-order valence-electron chi connectivity index (χ4n) is 2.32. The van der Waals surface area contributed by atoms with Gasteiger partial charge in [0, 0.05) is 5.88 Å². The van der Waals surface area contributed by atoms with Gasteiger partial charge in [0.25, 0.3) is 0 Å². The molecule has 0 bridgehead atoms. The van der Waals surface area contributed by atoms with E-state index in [0.717, 1.165) is 11.8 Å². The van der Waals surface area contributed by atoms with Crippen molar-refractivity contribution in [1.29, 1.82) is 0 Å². The second-order valence-electron chi connectivity index (χ2n) is 4.99. The Morgan fingerprint density at radius 2 is 1.53 bits per heavy atom. The molecule has 0 unspecified atom stereocenters. The summed E-state index contributed by atoms with van der Waals surface area (Å²) in [7, 11) is 2.14. The van der Waals surface area contributed by atoms with Gasteiger partial charge in [0.15, 0.2) is 0 Å². The van der Waals surface area contributed by atoms with Crippen LogP contribution in [0, 0.1) is 5.92 Å². The molecule has 0 radical (unpaired) electrons. The lowest BCUT2D eigenvalue weighted by molar-refractivity contribution is 0.229. The lowest BCUT2D eigenvalue weighted by atomic mass is 9.86. The molecule has 2 heteroatoms. The third kappa shape index (κ3) is 9.91. The van der Waals surface area contributed by atoms with Crippen molar-refractivity contribution in [3.05, 3.63) is 0 Å². The van der Waals surface area contributed by atoms with Gasteiger partial charge in [-0.25, -0.2) is 0 Å². The first-order valence-corrected chi connectivity index (χ1v) is 8.11. The maximum atomic E-state index is 5.62. The van der Waals surface area contributed by atoms with Crippen LogP contribution in [-0.2, 0) is 0 Å². The Bertz CT molecular complexity index is 140. The number of halogens is 1. The molecular formula is C15H32ClN. The zero-order valence-electron chi connectivity index (χ0n) is 12.2. The Morgan fingerprint density at radius 1 is 1.00 bits per heavy atom. The fourth-order valence-corrected chi connectivity index (χ4v) is 2.47. The standard InChI is InChI=1S/C9H17Cl.C4H9N.C2H6/c10-8-4-7-9-5-2-1-3-6-9;1-5-3-2-4-5;1-2/h9H,1-8H2;2-4H2,1H3;1-2H3. The summed E-state index contributed by atoms with van der Waals surface area (Å²) in [6, 6.07) is 0. The summed E-state index contributed by atoms with van der Waals surface area (Å²) in [4.78, 5) is 2.31. The average Bonchev–Trinajstić information content (AvgIpc) is 2.38. The minimum atomic E-state index is 0.858. The van der Waals surface area contributed by atoms with Crippen molar-refractivity contribution in [3.8, 4) is 0 Å². The van der Waals surface area contributed by atoms with Crippen molar-refractivity contribution in [1.82, 2.24) is 4.90 Å². The van der Waals surface area contributed by atoms with Gasteiger partial charge in [-0.05, 0) is 45.3 Å². The van der Waals surface area contributed by atoms with E-state index in [-0.39, 0.29) is 0 Å². The van der Waals surface area contributed by atoms with Crippen molar-refractivity contribution in [2.24, 2.45) is 5.92 Å². The molecule has 1 aliphatic heterocycles. The molecule has 1 nitrogen and oxygen atoms in total.